The van der Waals surface area contributed by atoms with Gasteiger partial charge in [-0.2, -0.15) is 0 Å². The van der Waals surface area contributed by atoms with E-state index in [2.05, 4.69) is 16.7 Å². The molecule has 3 aliphatic carbocycles. The average molecular weight is 500 g/mol. The molecule has 0 aromatic heterocycles. The first-order chi connectivity index (χ1) is 17.2. The van der Waals surface area contributed by atoms with Crippen molar-refractivity contribution in [3.05, 3.63) is 34.9 Å². The lowest BCUT2D eigenvalue weighted by atomic mass is 9.78. The Morgan fingerprint density at radius 3 is 2.50 bits per heavy atom. The third-order valence-electron chi connectivity index (χ3n) is 9.60. The van der Waals surface area contributed by atoms with Gasteiger partial charge >= 0.3 is 0 Å². The number of hydrogen-bond acceptors (Lipinski definition) is 4. The Balaban J connectivity index is 1.09. The average Bonchev–Trinajstić information content (AvgIpc) is 3.22. The molecular formula is C28H35F2N3O3. The SMILES string of the molecule is O=C1CCC(N2Cc3cc(C[C@H]4CCCC[C@@H]4N[C@H]4CC[C@]5(CC4)CC5(F)F)ccc3C2=O)C(=O)N1. The van der Waals surface area contributed by atoms with Crippen molar-refractivity contribution in [2.24, 2.45) is 11.3 Å². The summed E-state index contributed by atoms with van der Waals surface area (Å²) in [4.78, 5) is 38.4. The third-order valence-corrected chi connectivity index (χ3v) is 9.60. The molecule has 3 saturated carbocycles. The van der Waals surface area contributed by atoms with Crippen LogP contribution in [0, 0.1) is 11.3 Å². The second-order valence-corrected chi connectivity index (χ2v) is 11.8. The number of rotatable bonds is 5. The minimum absolute atomic E-state index is 0.0839. The zero-order chi connectivity index (χ0) is 25.1. The Bertz CT molecular complexity index is 1080. The molecule has 194 valence electrons. The number of benzene rings is 1. The van der Waals surface area contributed by atoms with E-state index in [-0.39, 0.29) is 30.6 Å². The highest BCUT2D eigenvalue weighted by Gasteiger charge is 2.70. The lowest BCUT2D eigenvalue weighted by molar-refractivity contribution is -0.136. The first-order valence-electron chi connectivity index (χ1n) is 13.7. The second kappa shape index (κ2) is 8.89. The minimum atomic E-state index is -2.44. The van der Waals surface area contributed by atoms with Crippen molar-refractivity contribution in [1.82, 2.24) is 15.5 Å². The number of halogens is 2. The van der Waals surface area contributed by atoms with Crippen LogP contribution < -0.4 is 10.6 Å². The highest BCUT2D eigenvalue weighted by Crippen LogP contribution is 2.67. The summed E-state index contributed by atoms with van der Waals surface area (Å²) < 4.78 is 27.5. The van der Waals surface area contributed by atoms with Crippen molar-refractivity contribution >= 4 is 17.7 Å². The summed E-state index contributed by atoms with van der Waals surface area (Å²) >= 11 is 0. The molecule has 3 atom stereocenters. The van der Waals surface area contributed by atoms with E-state index in [1.165, 1.54) is 18.4 Å². The lowest BCUT2D eigenvalue weighted by Crippen LogP contribution is -2.52. The van der Waals surface area contributed by atoms with Gasteiger partial charge in [-0.15, -0.1) is 0 Å². The lowest BCUT2D eigenvalue weighted by Gasteiger charge is -2.38. The molecule has 3 amide bonds. The molecule has 0 bridgehead atoms. The molecule has 6 rings (SSSR count). The van der Waals surface area contributed by atoms with Crippen LogP contribution in [0.25, 0.3) is 0 Å². The van der Waals surface area contributed by atoms with Crippen LogP contribution in [0.1, 0.15) is 92.1 Å². The quantitative estimate of drug-likeness (QED) is 0.598. The number of carbonyl (C=O) groups excluding carboxylic acids is 3. The van der Waals surface area contributed by atoms with E-state index < -0.39 is 17.4 Å². The van der Waals surface area contributed by atoms with Crippen LogP contribution in [-0.4, -0.2) is 46.7 Å². The Labute approximate surface area is 210 Å². The maximum atomic E-state index is 13.8. The van der Waals surface area contributed by atoms with Gasteiger partial charge in [-0.05, 0) is 74.5 Å². The van der Waals surface area contributed by atoms with Crippen molar-refractivity contribution in [3.8, 4) is 0 Å². The molecule has 2 aliphatic heterocycles. The van der Waals surface area contributed by atoms with E-state index in [0.717, 1.165) is 37.7 Å². The summed E-state index contributed by atoms with van der Waals surface area (Å²) in [5.74, 6) is -2.76. The van der Waals surface area contributed by atoms with Gasteiger partial charge in [-0.3, -0.25) is 19.7 Å². The highest BCUT2D eigenvalue weighted by molar-refractivity contribution is 6.05. The number of carbonyl (C=O) groups is 3. The van der Waals surface area contributed by atoms with Gasteiger partial charge in [0.25, 0.3) is 11.8 Å². The molecule has 36 heavy (non-hydrogen) atoms. The zero-order valence-electron chi connectivity index (χ0n) is 20.7. The van der Waals surface area contributed by atoms with Gasteiger partial charge in [0.15, 0.2) is 0 Å². The van der Waals surface area contributed by atoms with Gasteiger partial charge in [-0.25, -0.2) is 8.78 Å². The van der Waals surface area contributed by atoms with Crippen molar-refractivity contribution in [1.29, 1.82) is 0 Å². The fourth-order valence-electron chi connectivity index (χ4n) is 7.29. The van der Waals surface area contributed by atoms with Gasteiger partial charge in [0.2, 0.25) is 11.8 Å². The normalized spacial score (nSPS) is 35.6. The minimum Gasteiger partial charge on any atom is -0.322 e. The Morgan fingerprint density at radius 2 is 1.78 bits per heavy atom. The fourth-order valence-corrected chi connectivity index (χ4v) is 7.29. The monoisotopic (exact) mass is 499 g/mol. The number of nitrogens with one attached hydrogen (secondary N) is 2. The fraction of sp³-hybridized carbons (Fsp3) is 0.679. The predicted octanol–water partition coefficient (Wildman–Crippen LogP) is 4.11. The van der Waals surface area contributed by atoms with E-state index in [0.29, 0.717) is 49.4 Å². The number of nitrogens with zero attached hydrogens (tertiary/aromatic N) is 1. The predicted molar refractivity (Wildman–Crippen MR) is 129 cm³/mol. The maximum absolute atomic E-state index is 13.8. The van der Waals surface area contributed by atoms with E-state index in [1.54, 1.807) is 4.90 Å². The van der Waals surface area contributed by atoms with E-state index in [4.69, 9.17) is 0 Å². The summed E-state index contributed by atoms with van der Waals surface area (Å²) in [5.41, 5.74) is 2.10. The molecule has 1 saturated heterocycles. The van der Waals surface area contributed by atoms with Crippen LogP contribution in [0.4, 0.5) is 8.78 Å². The van der Waals surface area contributed by atoms with Gasteiger partial charge in [0, 0.05) is 42.4 Å². The number of amides is 3. The van der Waals surface area contributed by atoms with Gasteiger partial charge in [0.05, 0.1) is 0 Å². The number of imide groups is 1. The van der Waals surface area contributed by atoms with Crippen molar-refractivity contribution in [2.75, 3.05) is 0 Å². The summed E-state index contributed by atoms with van der Waals surface area (Å²) in [6.07, 6.45) is 9.25. The number of piperidine rings is 1. The molecule has 2 N–H and O–H groups in total. The van der Waals surface area contributed by atoms with Crippen LogP contribution in [0.5, 0.6) is 0 Å². The van der Waals surface area contributed by atoms with Crippen LogP contribution in [-0.2, 0) is 22.6 Å². The van der Waals surface area contributed by atoms with Crippen molar-refractivity contribution in [2.45, 2.75) is 108 Å². The van der Waals surface area contributed by atoms with Gasteiger partial charge in [0.1, 0.15) is 6.04 Å². The van der Waals surface area contributed by atoms with Crippen LogP contribution in [0.3, 0.4) is 0 Å². The largest absolute Gasteiger partial charge is 0.322 e. The summed E-state index contributed by atoms with van der Waals surface area (Å²) in [6.45, 7) is 0.398. The molecule has 1 aromatic rings. The maximum Gasteiger partial charge on any atom is 0.255 e. The standard InChI is InChI=1S/C28H35F2N3O3/c29-28(30)16-27(28)11-9-20(10-12-27)31-22-4-2-1-3-18(22)13-17-5-6-21-19(14-17)15-33(26(21)36)23-7-8-24(34)32-25(23)35/h5-6,14,18,20,22-23,31H,1-4,7-13,15-16H2,(H,32,34,35)/t18-,20-,22+,23?,27-/m1/s1. The van der Waals surface area contributed by atoms with Crippen molar-refractivity contribution in [3.63, 3.8) is 0 Å². The van der Waals surface area contributed by atoms with Crippen LogP contribution in [0.2, 0.25) is 0 Å². The van der Waals surface area contributed by atoms with E-state index >= 15 is 0 Å². The van der Waals surface area contributed by atoms with E-state index in [1.807, 2.05) is 12.1 Å². The van der Waals surface area contributed by atoms with Gasteiger partial charge in [-0.1, -0.05) is 25.0 Å². The Hall–Kier alpha value is -2.35. The molecular weight excluding hydrogens is 464 g/mol. The van der Waals surface area contributed by atoms with Crippen molar-refractivity contribution < 1.29 is 23.2 Å². The number of hydrogen-bond donors (Lipinski definition) is 2. The van der Waals surface area contributed by atoms with Gasteiger partial charge < -0.3 is 10.2 Å². The first kappa shape index (κ1) is 24.0. The molecule has 1 aromatic carbocycles. The zero-order valence-corrected chi connectivity index (χ0v) is 20.7. The third kappa shape index (κ3) is 4.25. The van der Waals surface area contributed by atoms with Crippen LogP contribution in [0.15, 0.2) is 18.2 Å². The van der Waals surface area contributed by atoms with Crippen LogP contribution >= 0.6 is 0 Å². The molecule has 2 heterocycles. The summed E-state index contributed by atoms with van der Waals surface area (Å²) in [7, 11) is 0. The summed E-state index contributed by atoms with van der Waals surface area (Å²) in [6, 6.07) is 6.17. The first-order valence-corrected chi connectivity index (χ1v) is 13.7. The molecule has 5 aliphatic rings. The highest BCUT2D eigenvalue weighted by atomic mass is 19.3. The molecule has 1 spiro atoms. The number of fused-ring (bicyclic) bond motifs is 1. The number of alkyl halides is 2. The van der Waals surface area contributed by atoms with E-state index in [9.17, 15) is 23.2 Å². The molecule has 6 nitrogen and oxygen atoms in total. The molecule has 1 unspecified atom stereocenters. The summed E-state index contributed by atoms with van der Waals surface area (Å²) in [5, 5.41) is 6.21. The molecule has 0 radical (unpaired) electrons. The topological polar surface area (TPSA) is 78.5 Å². The molecule has 4 fully saturated rings. The smallest absolute Gasteiger partial charge is 0.255 e. The Morgan fingerprint density at radius 1 is 1.03 bits per heavy atom. The second-order valence-electron chi connectivity index (χ2n) is 11.8. The molecule has 8 heteroatoms. The Kier molecular flexibility index (Phi) is 5.93.